The van der Waals surface area contributed by atoms with Crippen molar-refractivity contribution in [1.29, 1.82) is 0 Å². The molecular weight excluding hydrogens is 428 g/mol. The van der Waals surface area contributed by atoms with E-state index in [4.69, 9.17) is 16.6 Å². The van der Waals surface area contributed by atoms with Gasteiger partial charge in [-0.3, -0.25) is 4.98 Å². The molecule has 0 amide bonds. The predicted octanol–water partition coefficient (Wildman–Crippen LogP) is 5.79. The van der Waals surface area contributed by atoms with Crippen LogP contribution in [0.3, 0.4) is 0 Å². The molecule has 3 aromatic heterocycles. The molecule has 1 N–H and O–H groups in total. The van der Waals surface area contributed by atoms with Crippen LogP contribution in [0.2, 0.25) is 0 Å². The number of nitrogens with one attached hydrogen (secondary N) is 1. The lowest BCUT2D eigenvalue weighted by Crippen LogP contribution is -2.29. The predicted molar refractivity (Wildman–Crippen MR) is 133 cm³/mol. The maximum absolute atomic E-state index is 5.80. The number of aromatic nitrogens is 2. The second-order valence-electron chi connectivity index (χ2n) is 8.17. The van der Waals surface area contributed by atoms with Crippen LogP contribution in [0.15, 0.2) is 108 Å². The second kappa shape index (κ2) is 8.22. The Morgan fingerprint density at radius 3 is 2.61 bits per heavy atom. The molecule has 1 fully saturated rings. The Morgan fingerprint density at radius 2 is 1.79 bits per heavy atom. The Morgan fingerprint density at radius 1 is 0.909 bits per heavy atom. The average molecular weight is 451 g/mol. The summed E-state index contributed by atoms with van der Waals surface area (Å²) in [6, 6.07) is 29.0. The zero-order valence-corrected chi connectivity index (χ0v) is 18.7. The van der Waals surface area contributed by atoms with Gasteiger partial charge in [0, 0.05) is 23.8 Å². The summed E-state index contributed by atoms with van der Waals surface area (Å²) >= 11 is 5.80. The third-order valence-corrected chi connectivity index (χ3v) is 6.55. The van der Waals surface area contributed by atoms with E-state index >= 15 is 0 Å². The molecule has 6 heteroatoms. The van der Waals surface area contributed by atoms with Gasteiger partial charge in [0.15, 0.2) is 5.11 Å². The molecule has 0 saturated carbocycles. The zero-order valence-electron chi connectivity index (χ0n) is 17.8. The van der Waals surface area contributed by atoms with Gasteiger partial charge in [0.05, 0.1) is 30.6 Å². The van der Waals surface area contributed by atoms with Gasteiger partial charge in [-0.15, -0.1) is 0 Å². The van der Waals surface area contributed by atoms with Crippen molar-refractivity contribution in [3.8, 4) is 5.69 Å². The fourth-order valence-electron chi connectivity index (χ4n) is 4.66. The quantitative estimate of drug-likeness (QED) is 0.343. The van der Waals surface area contributed by atoms with E-state index in [1.807, 2.05) is 36.5 Å². The molecule has 0 aliphatic carbocycles. The van der Waals surface area contributed by atoms with Crippen LogP contribution in [-0.2, 0) is 6.54 Å². The van der Waals surface area contributed by atoms with Crippen molar-refractivity contribution in [2.75, 3.05) is 0 Å². The lowest BCUT2D eigenvalue weighted by Gasteiger charge is -2.28. The fourth-order valence-corrected chi connectivity index (χ4v) is 4.97. The molecule has 162 valence electrons. The highest BCUT2D eigenvalue weighted by atomic mass is 32.1. The fraction of sp³-hybridized carbons (Fsp3) is 0.111. The highest BCUT2D eigenvalue weighted by Gasteiger charge is 2.41. The van der Waals surface area contributed by atoms with E-state index in [0.717, 1.165) is 22.8 Å². The summed E-state index contributed by atoms with van der Waals surface area (Å²) in [6.45, 7) is 0.579. The van der Waals surface area contributed by atoms with Gasteiger partial charge in [0.25, 0.3) is 0 Å². The van der Waals surface area contributed by atoms with E-state index in [1.54, 1.807) is 6.26 Å². The molecule has 1 aliphatic rings. The Hall–Kier alpha value is -3.90. The highest BCUT2D eigenvalue weighted by molar-refractivity contribution is 7.80. The van der Waals surface area contributed by atoms with Gasteiger partial charge in [-0.05, 0) is 71.5 Å². The van der Waals surface area contributed by atoms with Crippen LogP contribution < -0.4 is 5.32 Å². The summed E-state index contributed by atoms with van der Waals surface area (Å²) in [7, 11) is 0. The van der Waals surface area contributed by atoms with Crippen LogP contribution >= 0.6 is 12.2 Å². The number of hydrogen-bond donors (Lipinski definition) is 1. The molecule has 2 aromatic carbocycles. The van der Waals surface area contributed by atoms with Gasteiger partial charge in [0.2, 0.25) is 0 Å². The molecule has 1 aliphatic heterocycles. The first-order valence-electron chi connectivity index (χ1n) is 10.9. The van der Waals surface area contributed by atoms with Gasteiger partial charge in [-0.25, -0.2) is 0 Å². The van der Waals surface area contributed by atoms with E-state index in [-0.39, 0.29) is 12.1 Å². The van der Waals surface area contributed by atoms with Gasteiger partial charge >= 0.3 is 0 Å². The molecule has 2 atom stereocenters. The van der Waals surface area contributed by atoms with E-state index in [0.29, 0.717) is 11.7 Å². The number of thiocarbonyl (C=S) groups is 1. The minimum atomic E-state index is -0.0808. The topological polar surface area (TPSA) is 46.2 Å². The number of furan rings is 1. The number of benzene rings is 2. The maximum Gasteiger partial charge on any atom is 0.170 e. The van der Waals surface area contributed by atoms with Crippen molar-refractivity contribution < 1.29 is 4.42 Å². The molecule has 1 saturated heterocycles. The summed E-state index contributed by atoms with van der Waals surface area (Å²) in [4.78, 5) is 6.84. The number of rotatable bonds is 5. The molecule has 5 aromatic rings. The lowest BCUT2D eigenvalue weighted by molar-refractivity contribution is 0.280. The summed E-state index contributed by atoms with van der Waals surface area (Å²) in [6.07, 6.45) is 5.64. The third-order valence-electron chi connectivity index (χ3n) is 6.20. The van der Waals surface area contributed by atoms with Gasteiger partial charge in [-0.1, -0.05) is 36.4 Å². The van der Waals surface area contributed by atoms with Crippen LogP contribution in [0.4, 0.5) is 0 Å². The second-order valence-corrected chi connectivity index (χ2v) is 8.56. The van der Waals surface area contributed by atoms with Crippen LogP contribution in [-0.4, -0.2) is 19.6 Å². The lowest BCUT2D eigenvalue weighted by atomic mass is 10.0. The van der Waals surface area contributed by atoms with E-state index < -0.39 is 0 Å². The molecule has 0 radical (unpaired) electrons. The van der Waals surface area contributed by atoms with E-state index in [9.17, 15) is 0 Å². The van der Waals surface area contributed by atoms with Crippen LogP contribution in [0.1, 0.15) is 29.2 Å². The zero-order chi connectivity index (χ0) is 22.2. The van der Waals surface area contributed by atoms with Crippen LogP contribution in [0, 0.1) is 0 Å². The summed E-state index contributed by atoms with van der Waals surface area (Å²) < 4.78 is 7.91. The third kappa shape index (κ3) is 3.58. The highest BCUT2D eigenvalue weighted by Crippen LogP contribution is 2.40. The first-order chi connectivity index (χ1) is 16.3. The van der Waals surface area contributed by atoms with Crippen molar-refractivity contribution in [2.24, 2.45) is 0 Å². The van der Waals surface area contributed by atoms with Crippen LogP contribution in [0.25, 0.3) is 16.5 Å². The number of pyridine rings is 1. The Balaban J connectivity index is 1.46. The Kier molecular flexibility index (Phi) is 4.92. The molecule has 0 bridgehead atoms. The standard InChI is InChI=1S/C27H22N4OS/c33-27-29-25(23-10-3-4-14-28-23)26(31(27)18-22-9-6-16-32-22)24-11-5-15-30(24)21-13-12-19-7-1-2-8-20(19)17-21/h1-17,25-26H,18H2,(H,29,33)/t25-,26-/m0/s1. The normalized spacial score (nSPS) is 18.1. The minimum absolute atomic E-state index is 0.0565. The van der Waals surface area contributed by atoms with Crippen molar-refractivity contribution in [1.82, 2.24) is 19.8 Å². The number of fused-ring (bicyclic) bond motifs is 1. The SMILES string of the molecule is S=C1N[C@@H](c2ccccn2)[C@H](c2cccn2-c2ccc3ccccc3c2)N1Cc1ccco1. The van der Waals surface area contributed by atoms with Crippen LogP contribution in [0.5, 0.6) is 0 Å². The number of nitrogens with zero attached hydrogens (tertiary/aromatic N) is 3. The smallest absolute Gasteiger partial charge is 0.170 e. The molecule has 5 nitrogen and oxygen atoms in total. The number of hydrogen-bond acceptors (Lipinski definition) is 3. The Labute approximate surface area is 197 Å². The van der Waals surface area contributed by atoms with E-state index in [2.05, 4.69) is 80.6 Å². The van der Waals surface area contributed by atoms with Crippen molar-refractivity contribution in [3.05, 3.63) is 121 Å². The first kappa shape index (κ1) is 19.8. The Bertz CT molecular complexity index is 1410. The van der Waals surface area contributed by atoms with Crippen molar-refractivity contribution >= 4 is 28.1 Å². The average Bonchev–Trinajstić information content (AvgIpc) is 3.61. The van der Waals surface area contributed by atoms with Crippen molar-refractivity contribution in [2.45, 2.75) is 18.6 Å². The first-order valence-corrected chi connectivity index (χ1v) is 11.4. The summed E-state index contributed by atoms with van der Waals surface area (Å²) in [5.41, 5.74) is 3.21. The molecule has 6 rings (SSSR count). The van der Waals surface area contributed by atoms with Crippen molar-refractivity contribution in [3.63, 3.8) is 0 Å². The largest absolute Gasteiger partial charge is 0.467 e. The minimum Gasteiger partial charge on any atom is -0.467 e. The molecule has 0 spiro atoms. The molecule has 4 heterocycles. The molecule has 33 heavy (non-hydrogen) atoms. The van der Waals surface area contributed by atoms with Gasteiger partial charge < -0.3 is 19.2 Å². The molecule has 0 unspecified atom stereocenters. The van der Waals surface area contributed by atoms with E-state index in [1.165, 1.54) is 10.8 Å². The monoisotopic (exact) mass is 450 g/mol. The summed E-state index contributed by atoms with van der Waals surface area (Å²) in [5.74, 6) is 0.870. The maximum atomic E-state index is 5.80. The van der Waals surface area contributed by atoms with Gasteiger partial charge in [0.1, 0.15) is 5.76 Å². The molecular formula is C27H22N4OS. The summed E-state index contributed by atoms with van der Waals surface area (Å²) in [5, 5.41) is 6.65. The van der Waals surface area contributed by atoms with Gasteiger partial charge in [-0.2, -0.15) is 0 Å².